The molecule has 0 aliphatic carbocycles. The molecule has 0 aliphatic heterocycles. The first-order valence-electron chi connectivity index (χ1n) is 6.65. The molecule has 1 heterocycles. The van der Waals surface area contributed by atoms with Crippen LogP contribution in [0.2, 0.25) is 0 Å². The summed E-state index contributed by atoms with van der Waals surface area (Å²) in [7, 11) is 0. The molecule has 106 valence electrons. The molecule has 0 bridgehead atoms. The quantitative estimate of drug-likeness (QED) is 0.716. The van der Waals surface area contributed by atoms with Crippen LogP contribution in [-0.4, -0.2) is 20.2 Å². The summed E-state index contributed by atoms with van der Waals surface area (Å²) in [5, 5.41) is 14.6. The molecule has 0 atom stereocenters. The molecule has 6 nitrogen and oxygen atoms in total. The Hall–Kier alpha value is -2.89. The number of benzene rings is 2. The Balaban J connectivity index is 1.76. The summed E-state index contributed by atoms with van der Waals surface area (Å²) in [6.45, 7) is 2.72. The minimum absolute atomic E-state index is 0.691. The average Bonchev–Trinajstić information content (AvgIpc) is 3.00. The van der Waals surface area contributed by atoms with Crippen molar-refractivity contribution >= 4 is 11.4 Å². The number of nitrogens with one attached hydrogen (secondary N) is 1. The lowest BCUT2D eigenvalue weighted by Gasteiger charge is -2.11. The summed E-state index contributed by atoms with van der Waals surface area (Å²) in [5.41, 5.74) is 10.9. The van der Waals surface area contributed by atoms with Crippen LogP contribution in [0.3, 0.4) is 0 Å². The zero-order chi connectivity index (χ0) is 14.7. The summed E-state index contributed by atoms with van der Waals surface area (Å²) >= 11 is 0. The number of nitrogens with two attached hydrogens (primary N) is 1. The molecule has 6 heteroatoms. The number of aryl methyl sites for hydroxylation is 1. The van der Waals surface area contributed by atoms with Crippen molar-refractivity contribution in [2.45, 2.75) is 13.5 Å². The zero-order valence-corrected chi connectivity index (χ0v) is 11.7. The van der Waals surface area contributed by atoms with Gasteiger partial charge < -0.3 is 11.1 Å². The van der Waals surface area contributed by atoms with E-state index in [4.69, 9.17) is 5.73 Å². The summed E-state index contributed by atoms with van der Waals surface area (Å²) < 4.78 is 1.65. The van der Waals surface area contributed by atoms with Gasteiger partial charge in [0.1, 0.15) is 6.33 Å². The molecule has 0 fully saturated rings. The lowest BCUT2D eigenvalue weighted by atomic mass is 10.1. The van der Waals surface area contributed by atoms with E-state index < -0.39 is 0 Å². The minimum Gasteiger partial charge on any atom is -0.398 e. The van der Waals surface area contributed by atoms with E-state index in [9.17, 15) is 0 Å². The van der Waals surface area contributed by atoms with Gasteiger partial charge in [-0.2, -0.15) is 0 Å². The molecular weight excluding hydrogens is 264 g/mol. The lowest BCUT2D eigenvalue weighted by Crippen LogP contribution is -2.04. The first-order chi connectivity index (χ1) is 10.2. The van der Waals surface area contributed by atoms with Gasteiger partial charge in [0.25, 0.3) is 0 Å². The Morgan fingerprint density at radius 1 is 1.19 bits per heavy atom. The maximum Gasteiger partial charge on any atom is 0.143 e. The molecule has 0 saturated carbocycles. The van der Waals surface area contributed by atoms with Crippen LogP contribution in [0.15, 0.2) is 48.8 Å². The van der Waals surface area contributed by atoms with Gasteiger partial charge in [0.15, 0.2) is 0 Å². The second kappa shape index (κ2) is 5.62. The molecule has 0 spiro atoms. The van der Waals surface area contributed by atoms with E-state index in [1.54, 1.807) is 11.0 Å². The number of aromatic nitrogens is 4. The van der Waals surface area contributed by atoms with Gasteiger partial charge >= 0.3 is 0 Å². The van der Waals surface area contributed by atoms with E-state index in [1.807, 2.05) is 43.3 Å². The normalized spacial score (nSPS) is 10.5. The predicted molar refractivity (Wildman–Crippen MR) is 82.1 cm³/mol. The van der Waals surface area contributed by atoms with Crippen LogP contribution in [0.1, 0.15) is 11.1 Å². The van der Waals surface area contributed by atoms with Gasteiger partial charge in [-0.15, -0.1) is 5.10 Å². The molecule has 0 radical (unpaired) electrons. The van der Waals surface area contributed by atoms with E-state index in [0.717, 1.165) is 28.2 Å². The van der Waals surface area contributed by atoms with Gasteiger partial charge in [-0.05, 0) is 52.7 Å². The van der Waals surface area contributed by atoms with Crippen molar-refractivity contribution in [2.75, 3.05) is 11.1 Å². The summed E-state index contributed by atoms with van der Waals surface area (Å²) in [4.78, 5) is 0. The van der Waals surface area contributed by atoms with Crippen LogP contribution < -0.4 is 11.1 Å². The maximum atomic E-state index is 5.94. The van der Waals surface area contributed by atoms with Crippen molar-refractivity contribution in [1.82, 2.24) is 20.2 Å². The summed E-state index contributed by atoms with van der Waals surface area (Å²) in [6, 6.07) is 13.9. The fraction of sp³-hybridized carbons (Fsp3) is 0.133. The van der Waals surface area contributed by atoms with Gasteiger partial charge in [-0.1, -0.05) is 18.2 Å². The molecule has 3 aromatic rings. The van der Waals surface area contributed by atoms with Crippen LogP contribution in [0.25, 0.3) is 5.69 Å². The Kier molecular flexibility index (Phi) is 3.51. The lowest BCUT2D eigenvalue weighted by molar-refractivity contribution is 0.785. The zero-order valence-electron chi connectivity index (χ0n) is 11.7. The third-order valence-corrected chi connectivity index (χ3v) is 3.33. The van der Waals surface area contributed by atoms with Gasteiger partial charge in [-0.25, -0.2) is 4.68 Å². The molecule has 21 heavy (non-hydrogen) atoms. The van der Waals surface area contributed by atoms with E-state index in [1.165, 1.54) is 0 Å². The fourth-order valence-corrected chi connectivity index (χ4v) is 2.19. The Bertz CT molecular complexity index is 736. The van der Waals surface area contributed by atoms with Crippen LogP contribution >= 0.6 is 0 Å². The Labute approximate surface area is 122 Å². The third-order valence-electron chi connectivity index (χ3n) is 3.33. The first-order valence-corrected chi connectivity index (χ1v) is 6.65. The highest BCUT2D eigenvalue weighted by atomic mass is 15.5. The Morgan fingerprint density at radius 3 is 2.76 bits per heavy atom. The highest BCUT2D eigenvalue weighted by Gasteiger charge is 2.04. The van der Waals surface area contributed by atoms with Crippen molar-refractivity contribution < 1.29 is 0 Å². The number of rotatable bonds is 4. The molecule has 0 amide bonds. The highest BCUT2D eigenvalue weighted by molar-refractivity contribution is 5.55. The van der Waals surface area contributed by atoms with E-state index >= 15 is 0 Å². The molecular formula is C15H16N6. The van der Waals surface area contributed by atoms with E-state index in [-0.39, 0.29) is 0 Å². The first kappa shape index (κ1) is 13.1. The SMILES string of the molecule is Cc1cc(NCc2ccccc2N)ccc1-n1cnnn1. The number of tetrazole rings is 1. The van der Waals surface area contributed by atoms with Crippen molar-refractivity contribution in [1.29, 1.82) is 0 Å². The standard InChI is InChI=1S/C15H16N6/c1-11-8-13(6-7-15(11)21-10-18-19-20-21)17-9-12-4-2-3-5-14(12)16/h2-8,10,17H,9,16H2,1H3. The smallest absolute Gasteiger partial charge is 0.143 e. The number of hydrogen-bond acceptors (Lipinski definition) is 5. The van der Waals surface area contributed by atoms with Gasteiger partial charge in [0.2, 0.25) is 0 Å². The van der Waals surface area contributed by atoms with Crippen LogP contribution in [-0.2, 0) is 6.54 Å². The summed E-state index contributed by atoms with van der Waals surface area (Å²) in [6.07, 6.45) is 1.58. The van der Waals surface area contributed by atoms with E-state index in [2.05, 4.69) is 26.9 Å². The summed E-state index contributed by atoms with van der Waals surface area (Å²) in [5.74, 6) is 0. The number of nitrogens with zero attached hydrogens (tertiary/aromatic N) is 4. The predicted octanol–water partition coefficient (Wildman–Crippen LogP) is 2.17. The van der Waals surface area contributed by atoms with Crippen LogP contribution in [0.4, 0.5) is 11.4 Å². The highest BCUT2D eigenvalue weighted by Crippen LogP contribution is 2.19. The van der Waals surface area contributed by atoms with Gasteiger partial charge in [-0.3, -0.25) is 0 Å². The minimum atomic E-state index is 0.691. The monoisotopic (exact) mass is 280 g/mol. The topological polar surface area (TPSA) is 81.6 Å². The fourth-order valence-electron chi connectivity index (χ4n) is 2.19. The van der Waals surface area contributed by atoms with Gasteiger partial charge in [0.05, 0.1) is 5.69 Å². The molecule has 2 aromatic carbocycles. The second-order valence-electron chi connectivity index (χ2n) is 4.81. The number of anilines is 2. The molecule has 0 aliphatic rings. The molecule has 0 saturated heterocycles. The van der Waals surface area contributed by atoms with Crippen molar-refractivity contribution in [2.24, 2.45) is 0 Å². The van der Waals surface area contributed by atoms with Crippen LogP contribution in [0, 0.1) is 6.92 Å². The third kappa shape index (κ3) is 2.84. The average molecular weight is 280 g/mol. The number of nitrogen functional groups attached to an aromatic ring is 1. The van der Waals surface area contributed by atoms with Crippen LogP contribution in [0.5, 0.6) is 0 Å². The molecule has 0 unspecified atom stereocenters. The maximum absolute atomic E-state index is 5.94. The van der Waals surface area contributed by atoms with Crippen molar-refractivity contribution in [3.05, 3.63) is 59.9 Å². The number of hydrogen-bond donors (Lipinski definition) is 2. The second-order valence-corrected chi connectivity index (χ2v) is 4.81. The molecule has 1 aromatic heterocycles. The van der Waals surface area contributed by atoms with Crippen molar-refractivity contribution in [3.8, 4) is 5.69 Å². The van der Waals surface area contributed by atoms with Crippen molar-refractivity contribution in [3.63, 3.8) is 0 Å². The Morgan fingerprint density at radius 2 is 2.05 bits per heavy atom. The molecule has 3 N–H and O–H groups in total. The largest absolute Gasteiger partial charge is 0.398 e. The number of para-hydroxylation sites is 1. The van der Waals surface area contributed by atoms with E-state index in [0.29, 0.717) is 6.54 Å². The van der Waals surface area contributed by atoms with Gasteiger partial charge in [0, 0.05) is 17.9 Å². The molecule has 3 rings (SSSR count).